The Hall–Kier alpha value is -1.50. The third-order valence-corrected chi connectivity index (χ3v) is 4.12. The van der Waals surface area contributed by atoms with Crippen molar-refractivity contribution < 1.29 is 14.3 Å². The van der Waals surface area contributed by atoms with Crippen molar-refractivity contribution in [3.63, 3.8) is 0 Å². The summed E-state index contributed by atoms with van der Waals surface area (Å²) < 4.78 is 2.90. The number of anilines is 1. The number of benzene rings is 1. The number of para-hydroxylation sites is 1. The fourth-order valence-electron chi connectivity index (χ4n) is 2.37. The Labute approximate surface area is 154 Å². The molecule has 9 heteroatoms. The molecule has 1 aliphatic rings. The largest absolute Gasteiger partial charge is 0.450 e. The van der Waals surface area contributed by atoms with Crippen LogP contribution < -0.4 is 10.3 Å². The standard InChI is InChI=1S/C15H16Cl3N3O3/c1-3-24-14(23)19-12(15(16,17)18)11-9(2)20-21(13(11)22)10-7-5-4-6-8-10/h4-8,11-12H,3H2,1-2H3,(H,19,23)/t11-,12-/m0/s1. The average molecular weight is 393 g/mol. The summed E-state index contributed by atoms with van der Waals surface area (Å²) in [4.78, 5) is 24.5. The van der Waals surface area contributed by atoms with Crippen LogP contribution in [-0.4, -0.2) is 34.2 Å². The number of halogens is 3. The second-order valence-corrected chi connectivity index (χ2v) is 7.46. The van der Waals surface area contributed by atoms with Crippen LogP contribution in [0.1, 0.15) is 13.8 Å². The second-order valence-electron chi connectivity index (χ2n) is 5.09. The third-order valence-electron chi connectivity index (χ3n) is 3.42. The number of ether oxygens (including phenoxy) is 1. The molecule has 1 aliphatic heterocycles. The van der Waals surface area contributed by atoms with Crippen molar-refractivity contribution in [3.05, 3.63) is 30.3 Å². The van der Waals surface area contributed by atoms with E-state index in [9.17, 15) is 9.59 Å². The van der Waals surface area contributed by atoms with Crippen LogP contribution in [0.5, 0.6) is 0 Å². The molecule has 6 nitrogen and oxygen atoms in total. The minimum Gasteiger partial charge on any atom is -0.450 e. The molecular formula is C15H16Cl3N3O3. The molecule has 1 aromatic rings. The van der Waals surface area contributed by atoms with E-state index in [-0.39, 0.29) is 6.61 Å². The summed E-state index contributed by atoms with van der Waals surface area (Å²) in [6, 6.07) is 7.74. The van der Waals surface area contributed by atoms with E-state index in [4.69, 9.17) is 39.5 Å². The number of hydrazone groups is 1. The molecule has 24 heavy (non-hydrogen) atoms. The van der Waals surface area contributed by atoms with Crippen molar-refractivity contribution in [2.24, 2.45) is 11.0 Å². The van der Waals surface area contributed by atoms with Crippen LogP contribution in [-0.2, 0) is 9.53 Å². The van der Waals surface area contributed by atoms with Gasteiger partial charge in [-0.3, -0.25) is 4.79 Å². The Morgan fingerprint density at radius 1 is 1.38 bits per heavy atom. The molecule has 2 rings (SSSR count). The summed E-state index contributed by atoms with van der Waals surface area (Å²) in [5, 5.41) is 7.92. The highest BCUT2D eigenvalue weighted by molar-refractivity contribution is 6.68. The Kier molecular flexibility index (Phi) is 5.96. The van der Waals surface area contributed by atoms with Crippen LogP contribution in [0.25, 0.3) is 0 Å². The van der Waals surface area contributed by atoms with Crippen LogP contribution >= 0.6 is 34.8 Å². The number of rotatable bonds is 4. The van der Waals surface area contributed by atoms with Gasteiger partial charge < -0.3 is 10.1 Å². The molecule has 1 heterocycles. The Balaban J connectivity index is 2.29. The van der Waals surface area contributed by atoms with E-state index in [1.54, 1.807) is 38.1 Å². The zero-order valence-corrected chi connectivity index (χ0v) is 15.3. The minimum absolute atomic E-state index is 0.153. The number of carbonyl (C=O) groups is 2. The van der Waals surface area contributed by atoms with Gasteiger partial charge in [0.1, 0.15) is 5.92 Å². The molecule has 1 aromatic carbocycles. The van der Waals surface area contributed by atoms with E-state index in [1.807, 2.05) is 6.07 Å². The van der Waals surface area contributed by atoms with Gasteiger partial charge in [0, 0.05) is 0 Å². The number of nitrogens with zero attached hydrogens (tertiary/aromatic N) is 2. The molecule has 0 aliphatic carbocycles. The topological polar surface area (TPSA) is 71.0 Å². The molecule has 0 fully saturated rings. The van der Waals surface area contributed by atoms with Gasteiger partial charge in [-0.1, -0.05) is 53.0 Å². The number of alkyl carbamates (subject to hydrolysis) is 1. The predicted molar refractivity (Wildman–Crippen MR) is 94.8 cm³/mol. The molecule has 0 radical (unpaired) electrons. The summed E-state index contributed by atoms with van der Waals surface area (Å²) >= 11 is 17.9. The van der Waals surface area contributed by atoms with E-state index in [0.29, 0.717) is 11.4 Å². The van der Waals surface area contributed by atoms with Crippen molar-refractivity contribution >= 4 is 58.2 Å². The number of amides is 2. The first-order valence-corrected chi connectivity index (χ1v) is 8.33. The maximum Gasteiger partial charge on any atom is 0.407 e. The van der Waals surface area contributed by atoms with Crippen LogP contribution in [0.15, 0.2) is 35.4 Å². The Morgan fingerprint density at radius 3 is 2.54 bits per heavy atom. The summed E-state index contributed by atoms with van der Waals surface area (Å²) in [5.74, 6) is -1.31. The lowest BCUT2D eigenvalue weighted by Crippen LogP contribution is -2.53. The van der Waals surface area contributed by atoms with Gasteiger partial charge in [-0.2, -0.15) is 5.10 Å². The lowest BCUT2D eigenvalue weighted by atomic mass is 9.96. The first-order valence-electron chi connectivity index (χ1n) is 7.19. The van der Waals surface area contributed by atoms with Crippen molar-refractivity contribution in [2.45, 2.75) is 23.7 Å². The lowest BCUT2D eigenvalue weighted by Gasteiger charge is -2.29. The summed E-state index contributed by atoms with van der Waals surface area (Å²) in [6.45, 7) is 3.44. The molecule has 0 aromatic heterocycles. The second kappa shape index (κ2) is 7.59. The number of nitrogens with one attached hydrogen (secondary N) is 1. The van der Waals surface area contributed by atoms with Gasteiger partial charge >= 0.3 is 6.09 Å². The fourth-order valence-corrected chi connectivity index (χ4v) is 2.91. The Bertz CT molecular complexity index is 646. The van der Waals surface area contributed by atoms with Gasteiger partial charge in [0.2, 0.25) is 3.79 Å². The molecule has 1 N–H and O–H groups in total. The van der Waals surface area contributed by atoms with Gasteiger partial charge in [0.15, 0.2) is 0 Å². The summed E-state index contributed by atoms with van der Waals surface area (Å²) in [7, 11) is 0. The van der Waals surface area contributed by atoms with Gasteiger partial charge in [-0.15, -0.1) is 0 Å². The molecule has 130 valence electrons. The Morgan fingerprint density at radius 2 is 2.00 bits per heavy atom. The minimum atomic E-state index is -1.92. The van der Waals surface area contributed by atoms with Crippen LogP contribution in [0.3, 0.4) is 0 Å². The highest BCUT2D eigenvalue weighted by Crippen LogP contribution is 2.38. The van der Waals surface area contributed by atoms with E-state index >= 15 is 0 Å². The van der Waals surface area contributed by atoms with Crippen LogP contribution in [0.2, 0.25) is 0 Å². The van der Waals surface area contributed by atoms with E-state index in [2.05, 4.69) is 10.4 Å². The normalized spacial score (nSPS) is 19.0. The van der Waals surface area contributed by atoms with Gasteiger partial charge in [-0.05, 0) is 26.0 Å². The molecule has 0 bridgehead atoms. The molecule has 0 saturated carbocycles. The van der Waals surface area contributed by atoms with Crippen molar-refractivity contribution in [1.29, 1.82) is 0 Å². The molecule has 0 saturated heterocycles. The third kappa shape index (κ3) is 4.12. The van der Waals surface area contributed by atoms with E-state index < -0.39 is 27.8 Å². The van der Waals surface area contributed by atoms with Crippen LogP contribution in [0, 0.1) is 5.92 Å². The number of alkyl halides is 3. The number of hydrogen-bond acceptors (Lipinski definition) is 4. The maximum atomic E-state index is 12.8. The van der Waals surface area contributed by atoms with E-state index in [1.165, 1.54) is 5.01 Å². The molecule has 2 atom stereocenters. The SMILES string of the molecule is CCOC(=O)N[C@@H]([C@H]1C(=O)N(c2ccccc2)N=C1C)C(Cl)(Cl)Cl. The van der Waals surface area contributed by atoms with Gasteiger partial charge in [0.25, 0.3) is 5.91 Å². The molecule has 0 unspecified atom stereocenters. The van der Waals surface area contributed by atoms with E-state index in [0.717, 1.165) is 0 Å². The van der Waals surface area contributed by atoms with Crippen molar-refractivity contribution in [3.8, 4) is 0 Å². The first-order chi connectivity index (χ1) is 11.3. The highest BCUT2D eigenvalue weighted by Gasteiger charge is 2.49. The summed E-state index contributed by atoms with van der Waals surface area (Å²) in [5.41, 5.74) is 1.01. The van der Waals surface area contributed by atoms with Crippen LogP contribution in [0.4, 0.5) is 10.5 Å². The summed E-state index contributed by atoms with van der Waals surface area (Å²) in [6.07, 6.45) is -0.771. The van der Waals surface area contributed by atoms with Crippen molar-refractivity contribution in [2.75, 3.05) is 11.6 Å². The lowest BCUT2D eigenvalue weighted by molar-refractivity contribution is -0.120. The number of hydrogen-bond donors (Lipinski definition) is 1. The molecule has 0 spiro atoms. The number of carbonyl (C=O) groups excluding carboxylic acids is 2. The molecular weight excluding hydrogens is 377 g/mol. The average Bonchev–Trinajstić information content (AvgIpc) is 2.80. The quantitative estimate of drug-likeness (QED) is 0.797. The monoisotopic (exact) mass is 391 g/mol. The first kappa shape index (κ1) is 18.8. The fraction of sp³-hybridized carbons (Fsp3) is 0.400. The van der Waals surface area contributed by atoms with Gasteiger partial charge in [-0.25, -0.2) is 9.80 Å². The zero-order chi connectivity index (χ0) is 17.9. The van der Waals surface area contributed by atoms with Gasteiger partial charge in [0.05, 0.1) is 24.0 Å². The predicted octanol–water partition coefficient (Wildman–Crippen LogP) is 3.51. The highest BCUT2D eigenvalue weighted by atomic mass is 35.6. The molecule has 2 amide bonds. The maximum absolute atomic E-state index is 12.8. The van der Waals surface area contributed by atoms with Crippen molar-refractivity contribution in [1.82, 2.24) is 5.32 Å². The zero-order valence-electron chi connectivity index (χ0n) is 13.0. The smallest absolute Gasteiger partial charge is 0.407 e.